The number of nitrogens with one attached hydrogen (secondary N) is 2. The second-order valence-electron chi connectivity index (χ2n) is 5.08. The van der Waals surface area contributed by atoms with Crippen LogP contribution < -0.4 is 10.6 Å². The molecule has 106 valence electrons. The second-order valence-corrected chi connectivity index (χ2v) is 6.02. The molecular formula is C14H24N4S. The monoisotopic (exact) mass is 280 g/mol. The summed E-state index contributed by atoms with van der Waals surface area (Å²) in [7, 11) is 0. The zero-order valence-electron chi connectivity index (χ0n) is 11.9. The Morgan fingerprint density at radius 1 is 1.47 bits per heavy atom. The van der Waals surface area contributed by atoms with Crippen LogP contribution in [0.15, 0.2) is 10.4 Å². The molecule has 0 atom stereocenters. The first-order chi connectivity index (χ1) is 9.28. The van der Waals surface area contributed by atoms with E-state index in [4.69, 9.17) is 0 Å². The molecule has 0 amide bonds. The van der Waals surface area contributed by atoms with Gasteiger partial charge in [0.15, 0.2) is 5.96 Å². The predicted octanol–water partition coefficient (Wildman–Crippen LogP) is 2.35. The summed E-state index contributed by atoms with van der Waals surface area (Å²) >= 11 is 1.76. The Balaban J connectivity index is 1.64. The molecule has 1 aromatic rings. The van der Waals surface area contributed by atoms with E-state index >= 15 is 0 Å². The normalized spacial score (nSPS) is 15.6. The topological polar surface area (TPSA) is 49.3 Å². The lowest BCUT2D eigenvalue weighted by atomic mass is 10.3. The van der Waals surface area contributed by atoms with E-state index in [0.717, 1.165) is 50.0 Å². The van der Waals surface area contributed by atoms with Crippen LogP contribution in [0, 0.1) is 12.8 Å². The number of aromatic nitrogens is 1. The smallest absolute Gasteiger partial charge is 0.191 e. The molecule has 4 nitrogen and oxygen atoms in total. The lowest BCUT2D eigenvalue weighted by Crippen LogP contribution is -2.38. The number of aliphatic imine (C=N–C) groups is 1. The molecule has 1 fully saturated rings. The predicted molar refractivity (Wildman–Crippen MR) is 81.9 cm³/mol. The van der Waals surface area contributed by atoms with E-state index in [9.17, 15) is 0 Å². The van der Waals surface area contributed by atoms with E-state index in [0.29, 0.717) is 0 Å². The Morgan fingerprint density at radius 2 is 2.32 bits per heavy atom. The van der Waals surface area contributed by atoms with Crippen molar-refractivity contribution in [2.45, 2.75) is 39.5 Å². The number of guanidine groups is 1. The van der Waals surface area contributed by atoms with Crippen LogP contribution in [0.2, 0.25) is 0 Å². The van der Waals surface area contributed by atoms with Gasteiger partial charge in [0.25, 0.3) is 0 Å². The number of aryl methyl sites for hydroxylation is 2. The maximum absolute atomic E-state index is 4.61. The van der Waals surface area contributed by atoms with Crippen LogP contribution in [0.5, 0.6) is 0 Å². The summed E-state index contributed by atoms with van der Waals surface area (Å²) < 4.78 is 0. The van der Waals surface area contributed by atoms with E-state index in [2.05, 4.69) is 32.9 Å². The molecule has 5 heteroatoms. The molecule has 1 aliphatic carbocycles. The van der Waals surface area contributed by atoms with Crippen molar-refractivity contribution in [1.82, 2.24) is 15.6 Å². The van der Waals surface area contributed by atoms with Gasteiger partial charge < -0.3 is 10.6 Å². The third-order valence-corrected chi connectivity index (χ3v) is 4.10. The number of thiazole rings is 1. The van der Waals surface area contributed by atoms with Crippen LogP contribution in [0.4, 0.5) is 0 Å². The van der Waals surface area contributed by atoms with Crippen molar-refractivity contribution in [1.29, 1.82) is 0 Å². The molecule has 0 aromatic carbocycles. The highest BCUT2D eigenvalue weighted by atomic mass is 32.1. The minimum Gasteiger partial charge on any atom is -0.357 e. The quantitative estimate of drug-likeness (QED) is 0.458. The van der Waals surface area contributed by atoms with Crippen LogP contribution >= 0.6 is 11.3 Å². The first-order valence-electron chi connectivity index (χ1n) is 7.21. The molecule has 1 aliphatic rings. The maximum atomic E-state index is 4.61. The van der Waals surface area contributed by atoms with Crippen LogP contribution in [-0.4, -0.2) is 30.6 Å². The molecule has 19 heavy (non-hydrogen) atoms. The zero-order valence-corrected chi connectivity index (χ0v) is 12.7. The lowest BCUT2D eigenvalue weighted by Gasteiger charge is -2.10. The molecule has 1 heterocycles. The average molecular weight is 280 g/mol. The Morgan fingerprint density at radius 3 is 2.95 bits per heavy atom. The lowest BCUT2D eigenvalue weighted by molar-refractivity contribution is 0.733. The van der Waals surface area contributed by atoms with E-state index < -0.39 is 0 Å². The van der Waals surface area contributed by atoms with E-state index in [1.165, 1.54) is 17.8 Å². The van der Waals surface area contributed by atoms with Gasteiger partial charge in [0.2, 0.25) is 0 Å². The van der Waals surface area contributed by atoms with Gasteiger partial charge in [-0.3, -0.25) is 4.99 Å². The molecule has 0 saturated heterocycles. The highest BCUT2D eigenvalue weighted by molar-refractivity contribution is 7.09. The van der Waals surface area contributed by atoms with Crippen LogP contribution in [0.3, 0.4) is 0 Å². The van der Waals surface area contributed by atoms with Crippen molar-refractivity contribution in [3.63, 3.8) is 0 Å². The van der Waals surface area contributed by atoms with Gasteiger partial charge in [-0.2, -0.15) is 0 Å². The molecule has 0 aliphatic heterocycles. The van der Waals surface area contributed by atoms with Crippen molar-refractivity contribution < 1.29 is 0 Å². The standard InChI is InChI=1S/C14H24N4S/c1-3-15-14(17-9-12-6-7-12)16-8-4-5-13-18-11(2)10-19-13/h10,12H,3-9H2,1-2H3,(H2,15,16,17). The Labute approximate surface area is 119 Å². The third kappa shape index (κ3) is 5.59. The summed E-state index contributed by atoms with van der Waals surface area (Å²) in [5.41, 5.74) is 1.13. The van der Waals surface area contributed by atoms with Crippen LogP contribution in [-0.2, 0) is 6.42 Å². The minimum atomic E-state index is 0.841. The summed E-state index contributed by atoms with van der Waals surface area (Å²) in [6, 6.07) is 0. The van der Waals surface area contributed by atoms with E-state index in [1.807, 2.05) is 6.92 Å². The average Bonchev–Trinajstić information content (AvgIpc) is 3.14. The number of rotatable bonds is 7. The van der Waals surface area contributed by atoms with Crippen molar-refractivity contribution in [3.8, 4) is 0 Å². The largest absolute Gasteiger partial charge is 0.357 e. The van der Waals surface area contributed by atoms with Gasteiger partial charge in [-0.05, 0) is 39.0 Å². The van der Waals surface area contributed by atoms with E-state index in [1.54, 1.807) is 11.3 Å². The van der Waals surface area contributed by atoms with Crippen molar-refractivity contribution in [2.24, 2.45) is 10.9 Å². The highest BCUT2D eigenvalue weighted by Gasteiger charge is 2.20. The van der Waals surface area contributed by atoms with Gasteiger partial charge in [0.1, 0.15) is 0 Å². The van der Waals surface area contributed by atoms with Gasteiger partial charge in [0.05, 0.1) is 5.01 Å². The molecule has 0 unspecified atom stereocenters. The Hall–Kier alpha value is -1.10. The molecule has 0 radical (unpaired) electrons. The van der Waals surface area contributed by atoms with Crippen LogP contribution in [0.1, 0.15) is 36.9 Å². The molecule has 0 bridgehead atoms. The first-order valence-corrected chi connectivity index (χ1v) is 8.09. The molecule has 2 rings (SSSR count). The summed E-state index contributed by atoms with van der Waals surface area (Å²) in [6.07, 6.45) is 4.85. The van der Waals surface area contributed by atoms with Crippen molar-refractivity contribution in [2.75, 3.05) is 19.6 Å². The zero-order chi connectivity index (χ0) is 13.5. The maximum Gasteiger partial charge on any atom is 0.191 e. The van der Waals surface area contributed by atoms with Gasteiger partial charge in [-0.25, -0.2) is 4.98 Å². The molecule has 2 N–H and O–H groups in total. The first kappa shape index (κ1) is 14.3. The number of hydrogen-bond donors (Lipinski definition) is 2. The van der Waals surface area contributed by atoms with Gasteiger partial charge >= 0.3 is 0 Å². The SMILES string of the molecule is CCNC(=NCC1CC1)NCCCc1nc(C)cs1. The summed E-state index contributed by atoms with van der Waals surface area (Å²) in [5, 5.41) is 10.0. The summed E-state index contributed by atoms with van der Waals surface area (Å²) in [6.45, 7) is 7.00. The number of nitrogens with zero attached hydrogens (tertiary/aromatic N) is 2. The Kier molecular flexibility index (Phi) is 5.63. The second kappa shape index (κ2) is 7.48. The Bertz CT molecular complexity index is 409. The van der Waals surface area contributed by atoms with Crippen molar-refractivity contribution in [3.05, 3.63) is 16.1 Å². The molecule has 1 saturated carbocycles. The molecule has 0 spiro atoms. The molecular weight excluding hydrogens is 256 g/mol. The summed E-state index contributed by atoms with van der Waals surface area (Å²) in [4.78, 5) is 9.08. The third-order valence-electron chi connectivity index (χ3n) is 3.08. The van der Waals surface area contributed by atoms with E-state index in [-0.39, 0.29) is 0 Å². The fourth-order valence-corrected chi connectivity index (χ4v) is 2.64. The van der Waals surface area contributed by atoms with Gasteiger partial charge in [0, 0.05) is 37.1 Å². The van der Waals surface area contributed by atoms with Crippen molar-refractivity contribution >= 4 is 17.3 Å². The minimum absolute atomic E-state index is 0.841. The number of hydrogen-bond acceptors (Lipinski definition) is 3. The fraction of sp³-hybridized carbons (Fsp3) is 0.714. The highest BCUT2D eigenvalue weighted by Crippen LogP contribution is 2.28. The van der Waals surface area contributed by atoms with Crippen LogP contribution in [0.25, 0.3) is 0 Å². The fourth-order valence-electron chi connectivity index (χ4n) is 1.83. The summed E-state index contributed by atoms with van der Waals surface area (Å²) in [5.74, 6) is 1.80. The van der Waals surface area contributed by atoms with Gasteiger partial charge in [-0.15, -0.1) is 11.3 Å². The molecule has 1 aromatic heterocycles. The van der Waals surface area contributed by atoms with Gasteiger partial charge in [-0.1, -0.05) is 0 Å².